The van der Waals surface area contributed by atoms with Gasteiger partial charge in [0.25, 0.3) is 0 Å². The van der Waals surface area contributed by atoms with Crippen LogP contribution < -0.4 is 5.32 Å². The third-order valence-corrected chi connectivity index (χ3v) is 3.01. The van der Waals surface area contributed by atoms with Gasteiger partial charge in [-0.1, -0.05) is 0 Å². The van der Waals surface area contributed by atoms with E-state index in [-0.39, 0.29) is 12.0 Å². The molecule has 1 aliphatic carbocycles. The Bertz CT molecular complexity index is 505. The lowest BCUT2D eigenvalue weighted by Crippen LogP contribution is -2.20. The van der Waals surface area contributed by atoms with Gasteiger partial charge in [-0.15, -0.1) is 14.8 Å². The molecule has 0 bridgehead atoms. The van der Waals surface area contributed by atoms with Crippen LogP contribution in [0.15, 0.2) is 12.1 Å². The molecule has 2 N–H and O–H groups in total. The number of tetrazole rings is 1. The van der Waals surface area contributed by atoms with E-state index in [1.807, 2.05) is 6.07 Å². The Morgan fingerprint density at radius 1 is 1.44 bits per heavy atom. The van der Waals surface area contributed by atoms with E-state index >= 15 is 0 Å². The van der Waals surface area contributed by atoms with Crippen LogP contribution in [0.4, 0.5) is 5.82 Å². The highest BCUT2D eigenvalue weighted by Crippen LogP contribution is 2.44. The lowest BCUT2D eigenvalue weighted by molar-refractivity contribution is 0.219. The Balaban J connectivity index is 1.74. The van der Waals surface area contributed by atoms with Crippen LogP contribution in [-0.4, -0.2) is 43.5 Å². The van der Waals surface area contributed by atoms with E-state index in [2.05, 4.69) is 25.9 Å². The third-order valence-electron chi connectivity index (χ3n) is 3.01. The predicted molar refractivity (Wildman–Crippen MR) is 55.8 cm³/mol. The molecule has 0 atom stereocenters. The number of aromatic nitrogens is 5. The van der Waals surface area contributed by atoms with Crippen molar-refractivity contribution in [2.75, 3.05) is 18.5 Å². The summed E-state index contributed by atoms with van der Waals surface area (Å²) in [6, 6.07) is 3.63. The molecule has 1 aliphatic rings. The van der Waals surface area contributed by atoms with Crippen molar-refractivity contribution in [3.05, 3.63) is 12.1 Å². The molecule has 84 valence electrons. The number of hydrogen-bond donors (Lipinski definition) is 2. The second kappa shape index (κ2) is 3.38. The number of rotatable bonds is 4. The summed E-state index contributed by atoms with van der Waals surface area (Å²) in [6.07, 6.45) is 2.15. The van der Waals surface area contributed by atoms with E-state index in [1.165, 1.54) is 4.63 Å². The Morgan fingerprint density at radius 2 is 2.31 bits per heavy atom. The van der Waals surface area contributed by atoms with Crippen molar-refractivity contribution in [3.8, 4) is 0 Å². The molecule has 7 heteroatoms. The summed E-state index contributed by atoms with van der Waals surface area (Å²) in [6.45, 7) is 0.970. The molecule has 0 radical (unpaired) electrons. The van der Waals surface area contributed by atoms with Crippen LogP contribution in [0.2, 0.25) is 0 Å². The predicted octanol–water partition coefficient (Wildman–Crippen LogP) is -0.296. The number of nitrogens with one attached hydrogen (secondary N) is 1. The molecule has 2 heterocycles. The zero-order valence-electron chi connectivity index (χ0n) is 8.67. The molecule has 0 aromatic carbocycles. The number of anilines is 1. The number of fused-ring (bicyclic) bond motifs is 1. The average Bonchev–Trinajstić information content (AvgIpc) is 2.96. The topological polar surface area (TPSA) is 88.2 Å². The first kappa shape index (κ1) is 9.46. The summed E-state index contributed by atoms with van der Waals surface area (Å²) in [5.74, 6) is 0.722. The second-order valence-corrected chi connectivity index (χ2v) is 4.26. The van der Waals surface area contributed by atoms with Gasteiger partial charge in [-0.2, -0.15) is 0 Å². The van der Waals surface area contributed by atoms with Gasteiger partial charge >= 0.3 is 0 Å². The second-order valence-electron chi connectivity index (χ2n) is 4.26. The fraction of sp³-hybridized carbons (Fsp3) is 0.556. The summed E-state index contributed by atoms with van der Waals surface area (Å²) in [7, 11) is 0. The van der Waals surface area contributed by atoms with Crippen LogP contribution in [-0.2, 0) is 0 Å². The van der Waals surface area contributed by atoms with Gasteiger partial charge in [0.2, 0.25) is 0 Å². The molecule has 3 rings (SSSR count). The first-order valence-electron chi connectivity index (χ1n) is 5.22. The van der Waals surface area contributed by atoms with Crippen LogP contribution >= 0.6 is 0 Å². The highest BCUT2D eigenvalue weighted by molar-refractivity contribution is 5.42. The molecular weight excluding hydrogens is 208 g/mol. The van der Waals surface area contributed by atoms with Crippen LogP contribution in [0.25, 0.3) is 5.65 Å². The van der Waals surface area contributed by atoms with E-state index in [9.17, 15) is 5.11 Å². The van der Waals surface area contributed by atoms with Crippen molar-refractivity contribution in [2.45, 2.75) is 12.8 Å². The van der Waals surface area contributed by atoms with E-state index in [4.69, 9.17) is 0 Å². The molecule has 0 amide bonds. The summed E-state index contributed by atoms with van der Waals surface area (Å²) >= 11 is 0. The SMILES string of the molecule is OCC1(CNc2ccc3nnnn3n2)CC1. The standard InChI is InChI=1S/C9H12N6O/c16-6-9(3-4-9)5-10-7-1-2-8-11-13-14-15(8)12-7/h1-2,16H,3-6H2,(H,10,12). The number of hydrogen-bond acceptors (Lipinski definition) is 6. The van der Waals surface area contributed by atoms with Gasteiger partial charge in [0.15, 0.2) is 5.65 Å². The maximum Gasteiger partial charge on any atom is 0.200 e. The van der Waals surface area contributed by atoms with E-state index < -0.39 is 0 Å². The van der Waals surface area contributed by atoms with E-state index in [1.54, 1.807) is 6.07 Å². The van der Waals surface area contributed by atoms with Gasteiger partial charge in [-0.3, -0.25) is 0 Å². The summed E-state index contributed by atoms with van der Waals surface area (Å²) in [4.78, 5) is 0. The van der Waals surface area contributed by atoms with Crippen molar-refractivity contribution in [1.82, 2.24) is 25.3 Å². The third kappa shape index (κ3) is 1.58. The Kier molecular flexibility index (Phi) is 2.00. The maximum absolute atomic E-state index is 9.18. The quantitative estimate of drug-likeness (QED) is 0.735. The molecule has 0 unspecified atom stereocenters. The minimum atomic E-state index is 0.0667. The van der Waals surface area contributed by atoms with Crippen LogP contribution in [0, 0.1) is 5.41 Å². The highest BCUT2D eigenvalue weighted by Gasteiger charge is 2.41. The number of aliphatic hydroxyl groups excluding tert-OH is 1. The molecule has 1 fully saturated rings. The van der Waals surface area contributed by atoms with E-state index in [0.717, 1.165) is 25.2 Å². The summed E-state index contributed by atoms with van der Waals surface area (Å²) < 4.78 is 1.38. The van der Waals surface area contributed by atoms with Gasteiger partial charge in [0.1, 0.15) is 5.82 Å². The van der Waals surface area contributed by atoms with Gasteiger partial charge < -0.3 is 10.4 Å². The molecule has 2 aromatic rings. The average molecular weight is 220 g/mol. The zero-order valence-corrected chi connectivity index (χ0v) is 8.67. The van der Waals surface area contributed by atoms with Crippen molar-refractivity contribution >= 4 is 11.5 Å². The minimum absolute atomic E-state index is 0.0667. The Labute approximate surface area is 91.5 Å². The summed E-state index contributed by atoms with van der Waals surface area (Å²) in [5.41, 5.74) is 0.686. The van der Waals surface area contributed by atoms with Crippen molar-refractivity contribution in [3.63, 3.8) is 0 Å². The first-order valence-corrected chi connectivity index (χ1v) is 5.22. The molecule has 7 nitrogen and oxygen atoms in total. The van der Waals surface area contributed by atoms with Gasteiger partial charge in [0, 0.05) is 12.0 Å². The lowest BCUT2D eigenvalue weighted by Gasteiger charge is -2.12. The number of nitrogens with zero attached hydrogens (tertiary/aromatic N) is 5. The fourth-order valence-corrected chi connectivity index (χ4v) is 1.59. The molecular formula is C9H12N6O. The van der Waals surface area contributed by atoms with Crippen molar-refractivity contribution in [2.24, 2.45) is 5.41 Å². The first-order chi connectivity index (χ1) is 7.81. The normalized spacial score (nSPS) is 17.6. The minimum Gasteiger partial charge on any atom is -0.396 e. The Morgan fingerprint density at radius 3 is 3.06 bits per heavy atom. The molecule has 2 aromatic heterocycles. The highest BCUT2D eigenvalue weighted by atomic mass is 16.3. The fourth-order valence-electron chi connectivity index (χ4n) is 1.59. The molecule has 1 saturated carbocycles. The largest absolute Gasteiger partial charge is 0.396 e. The summed E-state index contributed by atoms with van der Waals surface area (Å²) in [5, 5.41) is 27.6. The Hall–Kier alpha value is -1.76. The number of aliphatic hydroxyl groups is 1. The smallest absolute Gasteiger partial charge is 0.200 e. The maximum atomic E-state index is 9.18. The van der Waals surface area contributed by atoms with E-state index in [0.29, 0.717) is 5.65 Å². The molecule has 0 spiro atoms. The van der Waals surface area contributed by atoms with Crippen LogP contribution in [0.3, 0.4) is 0 Å². The van der Waals surface area contributed by atoms with Gasteiger partial charge in [0.05, 0.1) is 6.61 Å². The monoisotopic (exact) mass is 220 g/mol. The zero-order chi connectivity index (χ0) is 11.0. The van der Waals surface area contributed by atoms with Gasteiger partial charge in [-0.05, 0) is 35.4 Å². The molecule has 16 heavy (non-hydrogen) atoms. The van der Waals surface area contributed by atoms with Crippen molar-refractivity contribution < 1.29 is 5.11 Å². The van der Waals surface area contributed by atoms with Crippen molar-refractivity contribution in [1.29, 1.82) is 0 Å². The van der Waals surface area contributed by atoms with Crippen LogP contribution in [0.1, 0.15) is 12.8 Å². The molecule has 0 aliphatic heterocycles. The molecule has 0 saturated heterocycles. The lowest BCUT2D eigenvalue weighted by atomic mass is 10.1. The van der Waals surface area contributed by atoms with Crippen LogP contribution in [0.5, 0.6) is 0 Å². The van der Waals surface area contributed by atoms with Gasteiger partial charge in [-0.25, -0.2) is 0 Å².